The minimum absolute atomic E-state index is 0.0130. The maximum Gasteiger partial charge on any atom is 0.406 e. The second-order valence-electron chi connectivity index (χ2n) is 6.81. The minimum atomic E-state index is -4.52. The highest BCUT2D eigenvalue weighted by Crippen LogP contribution is 2.30. The van der Waals surface area contributed by atoms with E-state index in [1.165, 1.54) is 29.2 Å². The molecule has 2 saturated heterocycles. The van der Waals surface area contributed by atoms with Crippen molar-refractivity contribution < 1.29 is 31.9 Å². The van der Waals surface area contributed by atoms with Crippen LogP contribution in [0.1, 0.15) is 19.3 Å². The van der Waals surface area contributed by atoms with Crippen LogP contribution in [0.3, 0.4) is 0 Å². The van der Waals surface area contributed by atoms with Crippen molar-refractivity contribution in [3.8, 4) is 0 Å². The number of hydrogen-bond donors (Lipinski definition) is 0. The Bertz CT molecular complexity index is 687. The first-order chi connectivity index (χ1) is 12.7. The summed E-state index contributed by atoms with van der Waals surface area (Å²) in [7, 11) is 0. The van der Waals surface area contributed by atoms with Gasteiger partial charge in [-0.15, -0.1) is 0 Å². The molecule has 1 aromatic rings. The molecule has 148 valence electrons. The van der Waals surface area contributed by atoms with Gasteiger partial charge in [0.25, 0.3) is 0 Å². The third kappa shape index (κ3) is 4.77. The lowest BCUT2D eigenvalue weighted by atomic mass is 10.0. The lowest BCUT2D eigenvalue weighted by Crippen LogP contribution is -2.50. The Morgan fingerprint density at radius 2 is 1.81 bits per heavy atom. The van der Waals surface area contributed by atoms with Gasteiger partial charge in [0.15, 0.2) is 0 Å². The number of anilines is 1. The first-order valence-electron chi connectivity index (χ1n) is 8.75. The van der Waals surface area contributed by atoms with E-state index in [0.29, 0.717) is 31.7 Å². The van der Waals surface area contributed by atoms with E-state index in [1.54, 1.807) is 0 Å². The topological polar surface area (TPSA) is 49.9 Å². The van der Waals surface area contributed by atoms with E-state index >= 15 is 0 Å². The van der Waals surface area contributed by atoms with Gasteiger partial charge in [0.05, 0.1) is 5.92 Å². The molecule has 1 unspecified atom stereocenters. The number of carbonyl (C=O) groups is 2. The Balaban J connectivity index is 1.75. The molecule has 2 aliphatic rings. The summed E-state index contributed by atoms with van der Waals surface area (Å²) in [6, 6.07) is 4.65. The maximum absolute atomic E-state index is 13.1. The molecular formula is C18H20F4N2O3. The van der Waals surface area contributed by atoms with E-state index in [9.17, 15) is 27.2 Å². The van der Waals surface area contributed by atoms with E-state index in [4.69, 9.17) is 4.74 Å². The first-order valence-corrected chi connectivity index (χ1v) is 8.75. The molecule has 0 aliphatic carbocycles. The summed E-state index contributed by atoms with van der Waals surface area (Å²) < 4.78 is 57.3. The third-order valence-electron chi connectivity index (χ3n) is 4.88. The van der Waals surface area contributed by atoms with Crippen molar-refractivity contribution in [1.82, 2.24) is 4.90 Å². The van der Waals surface area contributed by atoms with E-state index < -0.39 is 36.4 Å². The number of amides is 2. The predicted octanol–water partition coefficient (Wildman–Crippen LogP) is 2.75. The monoisotopic (exact) mass is 388 g/mol. The van der Waals surface area contributed by atoms with Gasteiger partial charge in [-0.3, -0.25) is 9.59 Å². The van der Waals surface area contributed by atoms with Gasteiger partial charge in [-0.2, -0.15) is 13.2 Å². The van der Waals surface area contributed by atoms with Crippen LogP contribution in [0, 0.1) is 11.7 Å². The largest absolute Gasteiger partial charge is 0.406 e. The van der Waals surface area contributed by atoms with Crippen LogP contribution >= 0.6 is 0 Å². The van der Waals surface area contributed by atoms with Crippen LogP contribution in [-0.2, 0) is 14.3 Å². The van der Waals surface area contributed by atoms with Gasteiger partial charge in [-0.25, -0.2) is 4.39 Å². The Labute approximate surface area is 153 Å². The van der Waals surface area contributed by atoms with Crippen LogP contribution in [0.4, 0.5) is 23.2 Å². The highest BCUT2D eigenvalue weighted by Gasteiger charge is 2.43. The van der Waals surface area contributed by atoms with Gasteiger partial charge >= 0.3 is 6.18 Å². The van der Waals surface area contributed by atoms with Gasteiger partial charge in [-0.1, -0.05) is 0 Å². The molecule has 1 atom stereocenters. The molecule has 2 aliphatic heterocycles. The number of carbonyl (C=O) groups excluding carboxylic acids is 2. The second-order valence-corrected chi connectivity index (χ2v) is 6.81. The van der Waals surface area contributed by atoms with E-state index in [-0.39, 0.29) is 18.9 Å². The zero-order valence-corrected chi connectivity index (χ0v) is 14.5. The molecule has 2 fully saturated rings. The lowest BCUT2D eigenvalue weighted by Gasteiger charge is -2.36. The van der Waals surface area contributed by atoms with Gasteiger partial charge in [0.1, 0.15) is 12.4 Å². The molecule has 27 heavy (non-hydrogen) atoms. The molecule has 2 amide bonds. The summed E-state index contributed by atoms with van der Waals surface area (Å²) in [5, 5.41) is 0. The molecule has 0 saturated carbocycles. The minimum Gasteiger partial charge on any atom is -0.381 e. The maximum atomic E-state index is 13.1. The summed E-state index contributed by atoms with van der Waals surface area (Å²) in [5.41, 5.74) is 0.421. The summed E-state index contributed by atoms with van der Waals surface area (Å²) in [5.74, 6) is -2.35. The van der Waals surface area contributed by atoms with Crippen molar-refractivity contribution in [3.63, 3.8) is 0 Å². The van der Waals surface area contributed by atoms with E-state index in [1.807, 2.05) is 0 Å². The second kappa shape index (κ2) is 7.84. The fraction of sp³-hybridized carbons (Fsp3) is 0.556. The molecule has 2 heterocycles. The molecule has 0 bridgehead atoms. The summed E-state index contributed by atoms with van der Waals surface area (Å²) in [6.07, 6.45) is -4.00. The molecule has 1 aromatic carbocycles. The van der Waals surface area contributed by atoms with Gasteiger partial charge in [0.2, 0.25) is 11.8 Å². The number of ether oxygens (including phenoxy) is 1. The Morgan fingerprint density at radius 1 is 1.19 bits per heavy atom. The number of hydrogen-bond acceptors (Lipinski definition) is 3. The Morgan fingerprint density at radius 3 is 2.41 bits per heavy atom. The molecule has 5 nitrogen and oxygen atoms in total. The molecule has 0 aromatic heterocycles. The number of halogens is 4. The highest BCUT2D eigenvalue weighted by molar-refractivity contribution is 6.00. The van der Waals surface area contributed by atoms with Crippen molar-refractivity contribution in [2.45, 2.75) is 31.5 Å². The highest BCUT2D eigenvalue weighted by atomic mass is 19.4. The van der Waals surface area contributed by atoms with Gasteiger partial charge < -0.3 is 14.5 Å². The van der Waals surface area contributed by atoms with Crippen LogP contribution in [-0.4, -0.2) is 55.2 Å². The van der Waals surface area contributed by atoms with Crippen LogP contribution < -0.4 is 4.90 Å². The van der Waals surface area contributed by atoms with Crippen LogP contribution in [0.2, 0.25) is 0 Å². The first kappa shape index (κ1) is 19.6. The molecule has 0 N–H and O–H groups in total. The zero-order valence-electron chi connectivity index (χ0n) is 14.5. The standard InChI is InChI=1S/C18H20F4N2O3/c19-13-1-3-14(4-2-13)23-10-12(9-16(23)25)17(26)24(11-18(20,21)22)15-5-7-27-8-6-15/h1-4,12,15H,5-11H2. The number of alkyl halides is 3. The molecule has 9 heteroatoms. The molecule has 0 radical (unpaired) electrons. The summed E-state index contributed by atoms with van der Waals surface area (Å²) in [4.78, 5) is 27.3. The SMILES string of the molecule is O=C1CC(C(=O)N(CC(F)(F)F)C2CCOCC2)CN1c1ccc(F)cc1. The summed E-state index contributed by atoms with van der Waals surface area (Å²) >= 11 is 0. The van der Waals surface area contributed by atoms with Gasteiger partial charge in [-0.05, 0) is 37.1 Å². The quantitative estimate of drug-likeness (QED) is 0.746. The van der Waals surface area contributed by atoms with Crippen molar-refractivity contribution in [3.05, 3.63) is 30.1 Å². The zero-order chi connectivity index (χ0) is 19.6. The van der Waals surface area contributed by atoms with Crippen LogP contribution in [0.5, 0.6) is 0 Å². The van der Waals surface area contributed by atoms with E-state index in [2.05, 4.69) is 0 Å². The van der Waals surface area contributed by atoms with Gasteiger partial charge in [0, 0.05) is 37.9 Å². The Kier molecular flexibility index (Phi) is 5.69. The summed E-state index contributed by atoms with van der Waals surface area (Å²) in [6.45, 7) is -0.742. The van der Waals surface area contributed by atoms with Crippen molar-refractivity contribution in [2.24, 2.45) is 5.92 Å². The predicted molar refractivity (Wildman–Crippen MR) is 88.5 cm³/mol. The fourth-order valence-electron chi connectivity index (χ4n) is 3.56. The average molecular weight is 388 g/mol. The normalized spacial score (nSPS) is 21.6. The number of nitrogens with zero attached hydrogens (tertiary/aromatic N) is 2. The van der Waals surface area contributed by atoms with Crippen molar-refractivity contribution >= 4 is 17.5 Å². The Hall–Kier alpha value is -2.16. The van der Waals surface area contributed by atoms with Crippen LogP contribution in [0.15, 0.2) is 24.3 Å². The van der Waals surface area contributed by atoms with Crippen molar-refractivity contribution in [2.75, 3.05) is 31.2 Å². The number of benzene rings is 1. The van der Waals surface area contributed by atoms with Crippen LogP contribution in [0.25, 0.3) is 0 Å². The fourth-order valence-corrected chi connectivity index (χ4v) is 3.56. The van der Waals surface area contributed by atoms with E-state index in [0.717, 1.165) is 4.90 Å². The average Bonchev–Trinajstić information content (AvgIpc) is 3.01. The lowest BCUT2D eigenvalue weighted by molar-refractivity contribution is -0.171. The molecular weight excluding hydrogens is 368 g/mol. The molecule has 3 rings (SSSR count). The smallest absolute Gasteiger partial charge is 0.381 e. The number of rotatable bonds is 4. The molecule has 0 spiro atoms. The van der Waals surface area contributed by atoms with Crippen molar-refractivity contribution in [1.29, 1.82) is 0 Å². The third-order valence-corrected chi connectivity index (χ3v) is 4.88.